The molecule has 1 aliphatic rings. The number of hydrogen-bond donors (Lipinski definition) is 2. The first-order valence-electron chi connectivity index (χ1n) is 1.90. The molecule has 0 atom stereocenters. The Balaban J connectivity index is 2.49. The van der Waals surface area contributed by atoms with Crippen LogP contribution in [0.25, 0.3) is 0 Å². The lowest BCUT2D eigenvalue weighted by Gasteiger charge is -2.11. The average molecular weight is 98.1 g/mol. The van der Waals surface area contributed by atoms with Crippen LogP contribution in [-0.2, 0) is 0 Å². The molecule has 1 heterocycles. The van der Waals surface area contributed by atoms with Crippen molar-refractivity contribution >= 4 is 6.21 Å². The van der Waals surface area contributed by atoms with Crippen molar-refractivity contribution in [3.8, 4) is 0 Å². The maximum absolute atomic E-state index is 5.11. The Kier molecular flexibility index (Phi) is 0.953. The zero-order valence-electron chi connectivity index (χ0n) is 3.70. The van der Waals surface area contributed by atoms with E-state index in [2.05, 4.69) is 10.5 Å². The first-order chi connectivity index (χ1) is 3.39. The van der Waals surface area contributed by atoms with Gasteiger partial charge in [0.05, 0.1) is 6.21 Å². The fraction of sp³-hybridized carbons (Fsp3) is 0. The maximum atomic E-state index is 5.11. The normalized spacial score (nSPS) is 17.0. The van der Waals surface area contributed by atoms with E-state index in [0.29, 0.717) is 0 Å². The van der Waals surface area contributed by atoms with E-state index in [1.807, 2.05) is 0 Å². The Bertz CT molecular complexity index is 106. The minimum Gasteiger partial charge on any atom is -0.275 e. The molecule has 0 aromatic carbocycles. The number of nitrogens with one attached hydrogen (secondary N) is 1. The molecule has 4 heteroatoms. The molecule has 0 radical (unpaired) electrons. The molecular weight excluding hydrogens is 92.1 g/mol. The van der Waals surface area contributed by atoms with Gasteiger partial charge in [-0.2, -0.15) is 0 Å². The molecule has 0 amide bonds. The zero-order chi connectivity index (χ0) is 5.11. The van der Waals surface area contributed by atoms with Crippen LogP contribution in [0.4, 0.5) is 0 Å². The third-order valence-electron chi connectivity index (χ3n) is 0.580. The summed E-state index contributed by atoms with van der Waals surface area (Å²) in [6.45, 7) is 0. The van der Waals surface area contributed by atoms with Crippen LogP contribution < -0.4 is 11.3 Å². The molecule has 7 heavy (non-hydrogen) atoms. The van der Waals surface area contributed by atoms with Crippen molar-refractivity contribution in [3.05, 3.63) is 12.3 Å². The monoisotopic (exact) mass is 98.1 g/mol. The quantitative estimate of drug-likeness (QED) is 0.389. The van der Waals surface area contributed by atoms with E-state index in [1.54, 1.807) is 18.5 Å². The Hall–Kier alpha value is -1.03. The summed E-state index contributed by atoms with van der Waals surface area (Å²) in [6.07, 6.45) is 5.03. The molecular formula is C3H6N4. The zero-order valence-corrected chi connectivity index (χ0v) is 3.70. The molecule has 0 aromatic rings. The van der Waals surface area contributed by atoms with Crippen molar-refractivity contribution in [3.63, 3.8) is 0 Å². The maximum Gasteiger partial charge on any atom is 0.0521 e. The van der Waals surface area contributed by atoms with Crippen molar-refractivity contribution in [1.29, 1.82) is 0 Å². The van der Waals surface area contributed by atoms with Crippen molar-refractivity contribution < 1.29 is 0 Å². The highest BCUT2D eigenvalue weighted by Crippen LogP contribution is 1.76. The van der Waals surface area contributed by atoms with Crippen molar-refractivity contribution in [2.45, 2.75) is 0 Å². The lowest BCUT2D eigenvalue weighted by atomic mass is 10.7. The average Bonchev–Trinajstić information content (AvgIpc) is 1.69. The summed E-state index contributed by atoms with van der Waals surface area (Å²) < 4.78 is 0. The van der Waals surface area contributed by atoms with Gasteiger partial charge in [0.1, 0.15) is 0 Å². The van der Waals surface area contributed by atoms with Gasteiger partial charge in [-0.15, -0.1) is 10.3 Å². The molecule has 3 N–H and O–H groups in total. The van der Waals surface area contributed by atoms with Crippen molar-refractivity contribution in [1.82, 2.24) is 10.7 Å². The largest absolute Gasteiger partial charge is 0.275 e. The standard InChI is InChI=1S/C3H6N4/c4-7-5-2-1-3-6-7/h1-3,5H,4H2. The van der Waals surface area contributed by atoms with Gasteiger partial charge in [0.2, 0.25) is 0 Å². The van der Waals surface area contributed by atoms with Gasteiger partial charge in [0, 0.05) is 6.20 Å². The first-order valence-corrected chi connectivity index (χ1v) is 1.90. The van der Waals surface area contributed by atoms with E-state index in [4.69, 9.17) is 5.84 Å². The highest BCUT2D eigenvalue weighted by molar-refractivity contribution is 5.70. The number of hydrazone groups is 1. The topological polar surface area (TPSA) is 53.6 Å². The molecule has 1 rings (SSSR count). The smallest absolute Gasteiger partial charge is 0.0521 e. The van der Waals surface area contributed by atoms with E-state index in [9.17, 15) is 0 Å². The Morgan fingerprint density at radius 2 is 2.57 bits per heavy atom. The molecule has 1 aliphatic heterocycles. The predicted octanol–water partition coefficient (Wildman–Crippen LogP) is -0.820. The summed E-state index contributed by atoms with van der Waals surface area (Å²) >= 11 is 0. The number of nitrogens with two attached hydrogens (primary N) is 1. The van der Waals surface area contributed by atoms with E-state index >= 15 is 0 Å². The lowest BCUT2D eigenvalue weighted by molar-refractivity contribution is 0.239. The van der Waals surface area contributed by atoms with Crippen molar-refractivity contribution in [2.75, 3.05) is 0 Å². The lowest BCUT2D eigenvalue weighted by Crippen LogP contribution is -2.37. The molecule has 0 spiro atoms. The number of hydrazine groups is 2. The SMILES string of the molecule is NN1N=CC=CN1. The second kappa shape index (κ2) is 1.61. The summed E-state index contributed by atoms with van der Waals surface area (Å²) in [7, 11) is 0. The van der Waals surface area contributed by atoms with E-state index in [1.165, 1.54) is 0 Å². The number of allylic oxidation sites excluding steroid dienone is 1. The Morgan fingerprint density at radius 1 is 1.71 bits per heavy atom. The van der Waals surface area contributed by atoms with Gasteiger partial charge < -0.3 is 0 Å². The molecule has 0 bridgehead atoms. The minimum absolute atomic E-state index is 1.12. The first kappa shape index (κ1) is 4.14. The summed E-state index contributed by atoms with van der Waals surface area (Å²) in [5, 5.41) is 4.74. The van der Waals surface area contributed by atoms with Gasteiger partial charge in [-0.05, 0) is 6.08 Å². The molecule has 0 aliphatic carbocycles. The van der Waals surface area contributed by atoms with Crippen LogP contribution >= 0.6 is 0 Å². The van der Waals surface area contributed by atoms with Gasteiger partial charge in [-0.3, -0.25) is 5.43 Å². The van der Waals surface area contributed by atoms with E-state index < -0.39 is 0 Å². The van der Waals surface area contributed by atoms with Crippen LogP contribution in [-0.4, -0.2) is 11.4 Å². The Labute approximate surface area is 41.2 Å². The molecule has 0 saturated carbocycles. The summed E-state index contributed by atoms with van der Waals surface area (Å²) in [4.78, 5) is 0. The number of hydrogen-bond acceptors (Lipinski definition) is 4. The molecule has 38 valence electrons. The van der Waals surface area contributed by atoms with Crippen molar-refractivity contribution in [2.24, 2.45) is 10.9 Å². The minimum atomic E-state index is 1.12. The predicted molar refractivity (Wildman–Crippen MR) is 26.8 cm³/mol. The second-order valence-corrected chi connectivity index (χ2v) is 1.10. The third kappa shape index (κ3) is 0.902. The molecule has 0 aromatic heterocycles. The van der Waals surface area contributed by atoms with Gasteiger partial charge in [-0.1, -0.05) is 0 Å². The molecule has 4 nitrogen and oxygen atoms in total. The van der Waals surface area contributed by atoms with Crippen LogP contribution in [0, 0.1) is 0 Å². The number of nitrogens with zero attached hydrogens (tertiary/aromatic N) is 2. The van der Waals surface area contributed by atoms with E-state index in [-0.39, 0.29) is 0 Å². The van der Waals surface area contributed by atoms with Gasteiger partial charge in [-0.25, -0.2) is 5.84 Å². The molecule has 0 saturated heterocycles. The van der Waals surface area contributed by atoms with Crippen LogP contribution in [0.15, 0.2) is 17.4 Å². The van der Waals surface area contributed by atoms with Crippen LogP contribution in [0.1, 0.15) is 0 Å². The fourth-order valence-electron chi connectivity index (χ4n) is 0.306. The highest BCUT2D eigenvalue weighted by atomic mass is 15.8. The molecule has 0 unspecified atom stereocenters. The molecule has 0 fully saturated rings. The van der Waals surface area contributed by atoms with Gasteiger partial charge in [0.25, 0.3) is 0 Å². The van der Waals surface area contributed by atoms with E-state index in [0.717, 1.165) is 5.23 Å². The summed E-state index contributed by atoms with van der Waals surface area (Å²) in [5.74, 6) is 5.11. The van der Waals surface area contributed by atoms with Gasteiger partial charge in [0.15, 0.2) is 0 Å². The van der Waals surface area contributed by atoms with Gasteiger partial charge >= 0.3 is 0 Å². The fourth-order valence-corrected chi connectivity index (χ4v) is 0.306. The Morgan fingerprint density at radius 3 is 2.86 bits per heavy atom. The third-order valence-corrected chi connectivity index (χ3v) is 0.580. The highest BCUT2D eigenvalue weighted by Gasteiger charge is 1.85. The van der Waals surface area contributed by atoms with Crippen LogP contribution in [0.3, 0.4) is 0 Å². The second-order valence-electron chi connectivity index (χ2n) is 1.10. The van der Waals surface area contributed by atoms with Crippen LogP contribution in [0.5, 0.6) is 0 Å². The van der Waals surface area contributed by atoms with Crippen LogP contribution in [0.2, 0.25) is 0 Å². The number of rotatable bonds is 0. The summed E-state index contributed by atoms with van der Waals surface area (Å²) in [5.41, 5.74) is 2.61. The summed E-state index contributed by atoms with van der Waals surface area (Å²) in [6, 6.07) is 0.